The number of hydrogen-bond donors (Lipinski definition) is 0. The van der Waals surface area contributed by atoms with Crippen molar-refractivity contribution in [3.63, 3.8) is 0 Å². The minimum absolute atomic E-state index is 0.135. The van der Waals surface area contributed by atoms with Crippen LogP contribution in [0, 0.1) is 0 Å². The molecule has 162 valence electrons. The number of sulfonamides is 1. The summed E-state index contributed by atoms with van der Waals surface area (Å²) in [6, 6.07) is 18.4. The van der Waals surface area contributed by atoms with E-state index in [9.17, 15) is 8.42 Å². The fraction of sp³-hybridized carbons (Fsp3) is 0.273. The van der Waals surface area contributed by atoms with Crippen molar-refractivity contribution in [2.24, 2.45) is 0 Å². The molecular weight excluding hydrogens is 416 g/mol. The molecule has 0 amide bonds. The van der Waals surface area contributed by atoms with Gasteiger partial charge < -0.3 is 14.4 Å². The van der Waals surface area contributed by atoms with Crippen LogP contribution in [0.15, 0.2) is 65.6 Å². The monoisotopic (exact) mass is 440 g/mol. The Morgan fingerprint density at radius 3 is 2.19 bits per heavy atom. The molecule has 1 saturated heterocycles. The Morgan fingerprint density at radius 2 is 1.58 bits per heavy atom. The molecule has 0 bridgehead atoms. The molecule has 0 N–H and O–H groups in total. The van der Waals surface area contributed by atoms with Gasteiger partial charge in [-0.3, -0.25) is 0 Å². The Hall–Kier alpha value is -3.17. The van der Waals surface area contributed by atoms with Crippen LogP contribution in [0.25, 0.3) is 11.3 Å². The SMILES string of the molecule is COc1ccc(S(=O)(=O)N2CCN(c3ccc(-c4ccccc4)nn3)CC2)c(OC)c1. The number of ether oxygens (including phenoxy) is 2. The second kappa shape index (κ2) is 8.91. The van der Waals surface area contributed by atoms with Crippen LogP contribution in [0.4, 0.5) is 5.82 Å². The van der Waals surface area contributed by atoms with Crippen molar-refractivity contribution in [1.29, 1.82) is 0 Å². The Morgan fingerprint density at radius 1 is 0.839 bits per heavy atom. The number of methoxy groups -OCH3 is 2. The molecule has 3 aromatic rings. The maximum Gasteiger partial charge on any atom is 0.246 e. The smallest absolute Gasteiger partial charge is 0.246 e. The van der Waals surface area contributed by atoms with E-state index in [1.165, 1.54) is 24.6 Å². The van der Waals surface area contributed by atoms with Gasteiger partial charge in [-0.1, -0.05) is 30.3 Å². The molecule has 1 aliphatic rings. The first-order valence-electron chi connectivity index (χ1n) is 9.89. The molecule has 1 aliphatic heterocycles. The third-order valence-corrected chi connectivity index (χ3v) is 7.21. The largest absolute Gasteiger partial charge is 0.497 e. The summed E-state index contributed by atoms with van der Waals surface area (Å²) in [5.74, 6) is 1.54. The van der Waals surface area contributed by atoms with E-state index in [-0.39, 0.29) is 10.6 Å². The first-order chi connectivity index (χ1) is 15.0. The summed E-state index contributed by atoms with van der Waals surface area (Å²) >= 11 is 0. The van der Waals surface area contributed by atoms with Crippen molar-refractivity contribution in [2.75, 3.05) is 45.3 Å². The molecule has 0 aliphatic carbocycles. The lowest BCUT2D eigenvalue weighted by molar-refractivity contribution is 0.369. The molecule has 31 heavy (non-hydrogen) atoms. The molecule has 0 spiro atoms. The molecule has 1 aromatic heterocycles. The van der Waals surface area contributed by atoms with Gasteiger partial charge >= 0.3 is 0 Å². The number of piperazine rings is 1. The Balaban J connectivity index is 1.46. The minimum atomic E-state index is -3.69. The predicted octanol–water partition coefficient (Wildman–Crippen LogP) is 2.67. The molecule has 2 heterocycles. The van der Waals surface area contributed by atoms with Crippen molar-refractivity contribution in [2.45, 2.75) is 4.90 Å². The summed E-state index contributed by atoms with van der Waals surface area (Å²) in [4.78, 5) is 2.18. The van der Waals surface area contributed by atoms with Crippen LogP contribution in [0.3, 0.4) is 0 Å². The van der Waals surface area contributed by atoms with Crippen LogP contribution in [0.5, 0.6) is 11.5 Å². The predicted molar refractivity (Wildman–Crippen MR) is 118 cm³/mol. The number of aromatic nitrogens is 2. The normalized spacial score (nSPS) is 15.0. The van der Waals surface area contributed by atoms with Crippen molar-refractivity contribution >= 4 is 15.8 Å². The lowest BCUT2D eigenvalue weighted by atomic mass is 10.1. The Bertz CT molecular complexity index is 1130. The summed E-state index contributed by atoms with van der Waals surface area (Å²) in [6.07, 6.45) is 0. The molecule has 2 aromatic carbocycles. The fourth-order valence-electron chi connectivity index (χ4n) is 3.54. The average Bonchev–Trinajstić information content (AvgIpc) is 2.84. The van der Waals surface area contributed by atoms with Gasteiger partial charge in [-0.25, -0.2) is 8.42 Å². The number of rotatable bonds is 6. The van der Waals surface area contributed by atoms with Gasteiger partial charge in [-0.2, -0.15) is 4.31 Å². The first kappa shape index (κ1) is 21.1. The second-order valence-corrected chi connectivity index (χ2v) is 8.96. The van der Waals surface area contributed by atoms with E-state index >= 15 is 0 Å². The number of hydrogen-bond acceptors (Lipinski definition) is 7. The van der Waals surface area contributed by atoms with Crippen LogP contribution < -0.4 is 14.4 Å². The Labute approximate surface area is 182 Å². The lowest BCUT2D eigenvalue weighted by Gasteiger charge is -2.34. The van der Waals surface area contributed by atoms with E-state index in [0.29, 0.717) is 31.9 Å². The number of benzene rings is 2. The maximum atomic E-state index is 13.2. The third-order valence-electron chi connectivity index (χ3n) is 5.27. The minimum Gasteiger partial charge on any atom is -0.497 e. The summed E-state index contributed by atoms with van der Waals surface area (Å²) < 4.78 is 38.3. The average molecular weight is 441 g/mol. The zero-order chi connectivity index (χ0) is 21.8. The molecule has 0 unspecified atom stereocenters. The number of anilines is 1. The second-order valence-electron chi connectivity index (χ2n) is 7.05. The standard InChI is InChI=1S/C22H24N4O4S/c1-29-18-8-10-21(20(16-18)30-2)31(27,28)26-14-12-25(13-15-26)22-11-9-19(23-24-22)17-6-4-3-5-7-17/h3-11,16H,12-15H2,1-2H3. The summed E-state index contributed by atoms with van der Waals surface area (Å²) in [7, 11) is -0.715. The molecule has 4 rings (SSSR count). The summed E-state index contributed by atoms with van der Waals surface area (Å²) in [5.41, 5.74) is 1.81. The van der Waals surface area contributed by atoms with Crippen molar-refractivity contribution in [3.8, 4) is 22.8 Å². The van der Waals surface area contributed by atoms with Crippen LogP contribution in [0.1, 0.15) is 0 Å². The number of nitrogens with zero attached hydrogens (tertiary/aromatic N) is 4. The van der Waals surface area contributed by atoms with E-state index < -0.39 is 10.0 Å². The van der Waals surface area contributed by atoms with Gasteiger partial charge in [0.15, 0.2) is 5.82 Å². The molecule has 9 heteroatoms. The van der Waals surface area contributed by atoms with Crippen LogP contribution >= 0.6 is 0 Å². The topological polar surface area (TPSA) is 84.9 Å². The van der Waals surface area contributed by atoms with Gasteiger partial charge in [-0.05, 0) is 24.3 Å². The van der Waals surface area contributed by atoms with Crippen LogP contribution in [-0.4, -0.2) is 63.3 Å². The fourth-order valence-corrected chi connectivity index (χ4v) is 5.10. The van der Waals surface area contributed by atoms with E-state index in [4.69, 9.17) is 9.47 Å². The zero-order valence-electron chi connectivity index (χ0n) is 17.4. The maximum absolute atomic E-state index is 13.2. The van der Waals surface area contributed by atoms with Crippen molar-refractivity contribution in [3.05, 3.63) is 60.7 Å². The van der Waals surface area contributed by atoms with Gasteiger partial charge in [0.1, 0.15) is 16.4 Å². The molecule has 0 saturated carbocycles. The highest BCUT2D eigenvalue weighted by Gasteiger charge is 2.31. The first-order valence-corrected chi connectivity index (χ1v) is 11.3. The zero-order valence-corrected chi connectivity index (χ0v) is 18.2. The molecular formula is C22H24N4O4S. The van der Waals surface area contributed by atoms with E-state index in [1.807, 2.05) is 47.4 Å². The molecule has 0 radical (unpaired) electrons. The van der Waals surface area contributed by atoms with Crippen molar-refractivity contribution in [1.82, 2.24) is 14.5 Å². The van der Waals surface area contributed by atoms with Gasteiger partial charge in [0.25, 0.3) is 0 Å². The summed E-state index contributed by atoms with van der Waals surface area (Å²) in [6.45, 7) is 1.74. The highest BCUT2D eigenvalue weighted by molar-refractivity contribution is 7.89. The third kappa shape index (κ3) is 4.33. The summed E-state index contributed by atoms with van der Waals surface area (Å²) in [5, 5.41) is 8.67. The van der Waals surface area contributed by atoms with E-state index in [1.54, 1.807) is 12.1 Å². The molecule has 1 fully saturated rings. The van der Waals surface area contributed by atoms with Gasteiger partial charge in [-0.15, -0.1) is 10.2 Å². The van der Waals surface area contributed by atoms with Crippen molar-refractivity contribution < 1.29 is 17.9 Å². The highest BCUT2D eigenvalue weighted by atomic mass is 32.2. The quantitative estimate of drug-likeness (QED) is 0.583. The Kier molecular flexibility index (Phi) is 6.06. The highest BCUT2D eigenvalue weighted by Crippen LogP contribution is 2.31. The van der Waals surface area contributed by atoms with Crippen LogP contribution in [0.2, 0.25) is 0 Å². The van der Waals surface area contributed by atoms with Gasteiger partial charge in [0.2, 0.25) is 10.0 Å². The molecule has 8 nitrogen and oxygen atoms in total. The van der Waals surface area contributed by atoms with E-state index in [0.717, 1.165) is 17.1 Å². The molecule has 0 atom stereocenters. The van der Waals surface area contributed by atoms with Gasteiger partial charge in [0.05, 0.1) is 19.9 Å². The van der Waals surface area contributed by atoms with E-state index in [2.05, 4.69) is 10.2 Å². The van der Waals surface area contributed by atoms with Crippen LogP contribution in [-0.2, 0) is 10.0 Å². The lowest BCUT2D eigenvalue weighted by Crippen LogP contribution is -2.49. The van der Waals surface area contributed by atoms with Gasteiger partial charge in [0, 0.05) is 37.8 Å².